The fraction of sp³-hybridized carbons (Fsp3) is 0.250. The van der Waals surface area contributed by atoms with E-state index in [-0.39, 0.29) is 0 Å². The molecule has 1 aromatic heterocycles. The van der Waals surface area contributed by atoms with E-state index in [1.54, 1.807) is 6.20 Å². The van der Waals surface area contributed by atoms with Crippen LogP contribution in [-0.4, -0.2) is 16.3 Å². The summed E-state index contributed by atoms with van der Waals surface area (Å²) in [6, 6.07) is 5.85. The Labute approximate surface area is 114 Å². The maximum atomic E-state index is 6.03. The number of nitrogens with zero attached hydrogens (tertiary/aromatic N) is 2. The molecule has 0 saturated heterocycles. The van der Waals surface area contributed by atoms with E-state index in [1.165, 1.54) is 5.56 Å². The van der Waals surface area contributed by atoms with Gasteiger partial charge < -0.3 is 5.32 Å². The third-order valence-corrected chi connectivity index (χ3v) is 3.06. The van der Waals surface area contributed by atoms with Gasteiger partial charge in [-0.2, -0.15) is 5.10 Å². The van der Waals surface area contributed by atoms with Crippen LogP contribution in [-0.2, 0) is 6.54 Å². The first-order valence-electron chi connectivity index (χ1n) is 5.40. The van der Waals surface area contributed by atoms with Crippen LogP contribution in [0.1, 0.15) is 12.5 Å². The van der Waals surface area contributed by atoms with Gasteiger partial charge in [-0.15, -0.1) is 0 Å². The van der Waals surface area contributed by atoms with E-state index in [1.807, 2.05) is 29.1 Å². The minimum absolute atomic E-state index is 0.715. The smallest absolute Gasteiger partial charge is 0.0705 e. The normalized spacial score (nSPS) is 10.8. The van der Waals surface area contributed by atoms with E-state index in [0.717, 1.165) is 23.2 Å². The Balaban J connectivity index is 2.39. The molecular weight excluding hydrogens is 302 g/mol. The molecule has 0 unspecified atom stereocenters. The van der Waals surface area contributed by atoms with Crippen molar-refractivity contribution in [1.29, 1.82) is 0 Å². The first-order valence-corrected chi connectivity index (χ1v) is 6.57. The van der Waals surface area contributed by atoms with Crippen molar-refractivity contribution in [2.75, 3.05) is 6.54 Å². The van der Waals surface area contributed by atoms with E-state index in [0.29, 0.717) is 5.02 Å². The molecule has 2 aromatic rings. The van der Waals surface area contributed by atoms with Gasteiger partial charge in [-0.25, -0.2) is 4.68 Å². The molecule has 17 heavy (non-hydrogen) atoms. The van der Waals surface area contributed by atoms with E-state index in [4.69, 9.17) is 11.6 Å². The monoisotopic (exact) mass is 313 g/mol. The summed E-state index contributed by atoms with van der Waals surface area (Å²) in [4.78, 5) is 0. The molecule has 1 aromatic carbocycles. The van der Waals surface area contributed by atoms with Crippen LogP contribution in [0.25, 0.3) is 5.69 Å². The number of hydrogen-bond donors (Lipinski definition) is 1. The largest absolute Gasteiger partial charge is 0.313 e. The fourth-order valence-electron chi connectivity index (χ4n) is 1.59. The van der Waals surface area contributed by atoms with Crippen molar-refractivity contribution < 1.29 is 0 Å². The summed E-state index contributed by atoms with van der Waals surface area (Å²) in [5.74, 6) is 0. The molecular formula is C12H13BrClN3. The summed E-state index contributed by atoms with van der Waals surface area (Å²) in [5.41, 5.74) is 2.18. The summed E-state index contributed by atoms with van der Waals surface area (Å²) >= 11 is 9.43. The molecule has 0 aliphatic rings. The fourth-order valence-corrected chi connectivity index (χ4v) is 2.04. The Bertz CT molecular complexity index is 510. The average molecular weight is 315 g/mol. The molecule has 0 saturated carbocycles. The van der Waals surface area contributed by atoms with Crippen LogP contribution in [0.4, 0.5) is 0 Å². The highest BCUT2D eigenvalue weighted by atomic mass is 79.9. The van der Waals surface area contributed by atoms with Gasteiger partial charge in [0, 0.05) is 17.8 Å². The third kappa shape index (κ3) is 3.09. The highest BCUT2D eigenvalue weighted by Crippen LogP contribution is 2.21. The lowest BCUT2D eigenvalue weighted by atomic mass is 10.2. The molecule has 5 heteroatoms. The predicted molar refractivity (Wildman–Crippen MR) is 73.7 cm³/mol. The van der Waals surface area contributed by atoms with Gasteiger partial charge in [-0.1, -0.05) is 24.6 Å². The second-order valence-corrected chi connectivity index (χ2v) is 5.01. The van der Waals surface area contributed by atoms with Gasteiger partial charge in [0.05, 0.1) is 16.4 Å². The maximum Gasteiger partial charge on any atom is 0.0705 e. The third-order valence-electron chi connectivity index (χ3n) is 2.41. The molecule has 90 valence electrons. The zero-order valence-corrected chi connectivity index (χ0v) is 11.8. The van der Waals surface area contributed by atoms with E-state index >= 15 is 0 Å². The van der Waals surface area contributed by atoms with Crippen molar-refractivity contribution in [3.63, 3.8) is 0 Å². The maximum absolute atomic E-state index is 6.03. The molecule has 0 aliphatic heterocycles. The highest BCUT2D eigenvalue weighted by Gasteiger charge is 2.06. The molecule has 0 amide bonds. The van der Waals surface area contributed by atoms with E-state index in [2.05, 4.69) is 33.3 Å². The molecule has 0 fully saturated rings. The number of benzene rings is 1. The summed E-state index contributed by atoms with van der Waals surface area (Å²) in [6.07, 6.45) is 3.68. The molecule has 0 spiro atoms. The Morgan fingerprint density at radius 1 is 1.47 bits per heavy atom. The van der Waals surface area contributed by atoms with E-state index in [9.17, 15) is 0 Å². The number of rotatable bonds is 4. The zero-order chi connectivity index (χ0) is 12.3. The molecule has 2 rings (SSSR count). The SMILES string of the molecule is CCNCc1ccc(Cl)cc1-n1cc(Br)cn1. The van der Waals surface area contributed by atoms with Crippen LogP contribution in [0.5, 0.6) is 0 Å². The second-order valence-electron chi connectivity index (χ2n) is 3.66. The van der Waals surface area contributed by atoms with Crippen LogP contribution in [0.15, 0.2) is 35.1 Å². The molecule has 3 nitrogen and oxygen atoms in total. The topological polar surface area (TPSA) is 29.9 Å². The van der Waals surface area contributed by atoms with Gasteiger partial charge in [-0.05, 0) is 40.2 Å². The number of aromatic nitrogens is 2. The molecule has 0 bridgehead atoms. The summed E-state index contributed by atoms with van der Waals surface area (Å²) in [7, 11) is 0. The number of nitrogens with one attached hydrogen (secondary N) is 1. The van der Waals surface area contributed by atoms with Crippen LogP contribution in [0.2, 0.25) is 5.02 Å². The average Bonchev–Trinajstić information content (AvgIpc) is 2.74. The standard InChI is InChI=1S/C12H13BrClN3/c1-2-15-6-9-3-4-11(14)5-12(9)17-8-10(13)7-16-17/h3-5,7-8,15H,2,6H2,1H3. The molecule has 0 radical (unpaired) electrons. The van der Waals surface area contributed by atoms with Crippen LogP contribution in [0, 0.1) is 0 Å². The zero-order valence-electron chi connectivity index (χ0n) is 9.45. The van der Waals surface area contributed by atoms with Crippen LogP contribution < -0.4 is 5.32 Å². The lowest BCUT2D eigenvalue weighted by Crippen LogP contribution is -2.14. The minimum atomic E-state index is 0.715. The minimum Gasteiger partial charge on any atom is -0.313 e. The van der Waals surface area contributed by atoms with Gasteiger partial charge in [-0.3, -0.25) is 0 Å². The summed E-state index contributed by atoms with van der Waals surface area (Å²) in [5, 5.41) is 8.30. The molecule has 1 N–H and O–H groups in total. The van der Waals surface area contributed by atoms with Gasteiger partial charge in [0.15, 0.2) is 0 Å². The van der Waals surface area contributed by atoms with Crippen molar-refractivity contribution in [3.05, 3.63) is 45.7 Å². The van der Waals surface area contributed by atoms with E-state index < -0.39 is 0 Å². The number of halogens is 2. The number of hydrogen-bond acceptors (Lipinski definition) is 2. The first-order chi connectivity index (χ1) is 8.20. The van der Waals surface area contributed by atoms with Crippen LogP contribution >= 0.6 is 27.5 Å². The lowest BCUT2D eigenvalue weighted by molar-refractivity contribution is 0.717. The Hall–Kier alpha value is -0.840. The second kappa shape index (κ2) is 5.67. The lowest BCUT2D eigenvalue weighted by Gasteiger charge is -2.10. The van der Waals surface area contributed by atoms with Crippen molar-refractivity contribution in [2.24, 2.45) is 0 Å². The Morgan fingerprint density at radius 3 is 2.94 bits per heavy atom. The van der Waals surface area contributed by atoms with Gasteiger partial charge in [0.2, 0.25) is 0 Å². The van der Waals surface area contributed by atoms with Crippen molar-refractivity contribution in [3.8, 4) is 5.69 Å². The first kappa shape index (κ1) is 12.6. The molecule has 0 atom stereocenters. The predicted octanol–water partition coefficient (Wildman–Crippen LogP) is 3.40. The summed E-state index contributed by atoms with van der Waals surface area (Å²) in [6.45, 7) is 3.82. The van der Waals surface area contributed by atoms with Crippen LogP contribution in [0.3, 0.4) is 0 Å². The van der Waals surface area contributed by atoms with Gasteiger partial charge in [0.25, 0.3) is 0 Å². The van der Waals surface area contributed by atoms with Crippen molar-refractivity contribution in [1.82, 2.24) is 15.1 Å². The molecule has 0 aliphatic carbocycles. The molecule has 1 heterocycles. The highest BCUT2D eigenvalue weighted by molar-refractivity contribution is 9.10. The van der Waals surface area contributed by atoms with Crippen molar-refractivity contribution in [2.45, 2.75) is 13.5 Å². The Kier molecular flexibility index (Phi) is 4.20. The quantitative estimate of drug-likeness (QED) is 0.937. The van der Waals surface area contributed by atoms with Gasteiger partial charge in [0.1, 0.15) is 0 Å². The summed E-state index contributed by atoms with van der Waals surface area (Å²) < 4.78 is 2.77. The Morgan fingerprint density at radius 2 is 2.29 bits per heavy atom. The van der Waals surface area contributed by atoms with Gasteiger partial charge >= 0.3 is 0 Å². The van der Waals surface area contributed by atoms with Crippen molar-refractivity contribution >= 4 is 27.5 Å².